The van der Waals surface area contributed by atoms with Crippen molar-refractivity contribution in [3.8, 4) is 0 Å². The third kappa shape index (κ3) is 4.54. The van der Waals surface area contributed by atoms with Crippen molar-refractivity contribution in [2.45, 2.75) is 25.9 Å². The number of carboxylic acid groups (broad SMARTS) is 1. The lowest BCUT2D eigenvalue weighted by Gasteiger charge is -2.19. The van der Waals surface area contributed by atoms with Gasteiger partial charge in [-0.1, -0.05) is 24.3 Å². The summed E-state index contributed by atoms with van der Waals surface area (Å²) in [7, 11) is 1.97. The number of hydrogen-bond acceptors (Lipinski definition) is 3. The Balaban J connectivity index is 2.42. The molecule has 0 spiro atoms. The highest BCUT2D eigenvalue weighted by Gasteiger charge is 2.12. The van der Waals surface area contributed by atoms with E-state index in [1.54, 1.807) is 0 Å². The molecule has 0 saturated heterocycles. The second-order valence-electron chi connectivity index (χ2n) is 4.40. The molecule has 1 unspecified atom stereocenters. The summed E-state index contributed by atoms with van der Waals surface area (Å²) in [6, 6.07) is 7.42. The zero-order chi connectivity index (χ0) is 12.8. The quantitative estimate of drug-likeness (QED) is 0.779. The highest BCUT2D eigenvalue weighted by atomic mass is 16.4. The normalized spacial score (nSPS) is 12.7. The fourth-order valence-corrected chi connectivity index (χ4v) is 1.64. The Morgan fingerprint density at radius 2 is 2.12 bits per heavy atom. The van der Waals surface area contributed by atoms with Gasteiger partial charge in [-0.2, -0.15) is 0 Å². The smallest absolute Gasteiger partial charge is 0.320 e. The number of rotatable bonds is 6. The number of hydrogen-bond donors (Lipinski definition) is 2. The van der Waals surface area contributed by atoms with Crippen molar-refractivity contribution >= 4 is 5.97 Å². The summed E-state index contributed by atoms with van der Waals surface area (Å²) in [5, 5.41) is 8.69. The number of carboxylic acids is 1. The molecule has 1 aromatic carbocycles. The van der Waals surface area contributed by atoms with Crippen molar-refractivity contribution in [3.63, 3.8) is 0 Å². The Morgan fingerprint density at radius 1 is 1.47 bits per heavy atom. The van der Waals surface area contributed by atoms with Crippen LogP contribution in [0.15, 0.2) is 24.3 Å². The molecule has 0 radical (unpaired) electrons. The summed E-state index contributed by atoms with van der Waals surface area (Å²) in [5.41, 5.74) is 7.98. The van der Waals surface area contributed by atoms with E-state index in [0.717, 1.165) is 6.54 Å². The van der Waals surface area contributed by atoms with Gasteiger partial charge in [0.15, 0.2) is 0 Å². The van der Waals surface area contributed by atoms with Crippen molar-refractivity contribution in [2.75, 3.05) is 13.6 Å². The van der Waals surface area contributed by atoms with Crippen molar-refractivity contribution in [3.05, 3.63) is 35.4 Å². The molecule has 4 heteroatoms. The standard InChI is InChI=1S/C13H20N2O2/c1-10-5-3-4-6-11(10)9-15(2)8-7-12(14)13(16)17/h3-6,12H,7-9,14H2,1-2H3,(H,16,17). The monoisotopic (exact) mass is 236 g/mol. The third-order valence-electron chi connectivity index (χ3n) is 2.84. The SMILES string of the molecule is Cc1ccccc1CN(C)CCC(N)C(=O)O. The molecule has 0 aromatic heterocycles. The molecule has 0 aliphatic rings. The lowest BCUT2D eigenvalue weighted by Crippen LogP contribution is -2.34. The number of nitrogens with zero attached hydrogens (tertiary/aromatic N) is 1. The van der Waals surface area contributed by atoms with Gasteiger partial charge in [0.25, 0.3) is 0 Å². The molecule has 4 nitrogen and oxygen atoms in total. The van der Waals surface area contributed by atoms with Crippen LogP contribution in [0.5, 0.6) is 0 Å². The van der Waals surface area contributed by atoms with Crippen LogP contribution in [-0.4, -0.2) is 35.6 Å². The Bertz CT molecular complexity index is 379. The van der Waals surface area contributed by atoms with E-state index in [-0.39, 0.29) is 0 Å². The molecule has 0 aliphatic carbocycles. The first-order valence-corrected chi connectivity index (χ1v) is 5.72. The average molecular weight is 236 g/mol. The van der Waals surface area contributed by atoms with E-state index in [1.165, 1.54) is 11.1 Å². The van der Waals surface area contributed by atoms with Gasteiger partial charge in [0.2, 0.25) is 0 Å². The highest BCUT2D eigenvalue weighted by molar-refractivity contribution is 5.72. The largest absolute Gasteiger partial charge is 0.480 e. The molecule has 0 saturated carbocycles. The van der Waals surface area contributed by atoms with Crippen LogP contribution in [0.1, 0.15) is 17.5 Å². The first-order valence-electron chi connectivity index (χ1n) is 5.72. The molecular weight excluding hydrogens is 216 g/mol. The Morgan fingerprint density at radius 3 is 2.71 bits per heavy atom. The molecule has 1 rings (SSSR count). The van der Waals surface area contributed by atoms with Crippen LogP contribution < -0.4 is 5.73 Å². The maximum Gasteiger partial charge on any atom is 0.320 e. The predicted molar refractivity (Wildman–Crippen MR) is 67.7 cm³/mol. The van der Waals surface area contributed by atoms with Gasteiger partial charge in [-0.15, -0.1) is 0 Å². The lowest BCUT2D eigenvalue weighted by molar-refractivity contribution is -0.138. The maximum absolute atomic E-state index is 10.6. The Hall–Kier alpha value is -1.39. The van der Waals surface area contributed by atoms with Gasteiger partial charge in [-0.3, -0.25) is 4.79 Å². The third-order valence-corrected chi connectivity index (χ3v) is 2.84. The summed E-state index contributed by atoms with van der Waals surface area (Å²) in [4.78, 5) is 12.7. The van der Waals surface area contributed by atoms with E-state index in [1.807, 2.05) is 19.2 Å². The zero-order valence-corrected chi connectivity index (χ0v) is 10.4. The second kappa shape index (κ2) is 6.37. The van der Waals surface area contributed by atoms with Crippen molar-refractivity contribution in [1.29, 1.82) is 0 Å². The molecular formula is C13H20N2O2. The fraction of sp³-hybridized carbons (Fsp3) is 0.462. The average Bonchev–Trinajstić information content (AvgIpc) is 2.29. The Labute approximate surface area is 102 Å². The van der Waals surface area contributed by atoms with Gasteiger partial charge in [0.05, 0.1) is 0 Å². The number of benzene rings is 1. The number of aliphatic carboxylic acids is 1. The van der Waals surface area contributed by atoms with Gasteiger partial charge in [0.1, 0.15) is 6.04 Å². The van der Waals surface area contributed by atoms with Crippen LogP contribution in [0.25, 0.3) is 0 Å². The molecule has 1 atom stereocenters. The molecule has 1 aromatic rings. The van der Waals surface area contributed by atoms with Crippen molar-refractivity contribution in [2.24, 2.45) is 5.73 Å². The van der Waals surface area contributed by atoms with Crippen molar-refractivity contribution in [1.82, 2.24) is 4.90 Å². The van der Waals surface area contributed by atoms with Crippen LogP contribution in [0, 0.1) is 6.92 Å². The minimum atomic E-state index is -0.936. The summed E-state index contributed by atoms with van der Waals surface area (Å²) in [5.74, 6) is -0.936. The second-order valence-corrected chi connectivity index (χ2v) is 4.40. The van der Waals surface area contributed by atoms with Crippen LogP contribution in [0.4, 0.5) is 0 Å². The minimum absolute atomic E-state index is 0.470. The van der Waals surface area contributed by atoms with Gasteiger partial charge in [-0.25, -0.2) is 0 Å². The van der Waals surface area contributed by atoms with Gasteiger partial charge in [0, 0.05) is 13.1 Å². The molecule has 0 fully saturated rings. The highest BCUT2D eigenvalue weighted by Crippen LogP contribution is 2.09. The topological polar surface area (TPSA) is 66.6 Å². The van der Waals surface area contributed by atoms with E-state index < -0.39 is 12.0 Å². The van der Waals surface area contributed by atoms with Crippen molar-refractivity contribution < 1.29 is 9.90 Å². The van der Waals surface area contributed by atoms with E-state index in [2.05, 4.69) is 24.0 Å². The zero-order valence-electron chi connectivity index (χ0n) is 10.4. The van der Waals surface area contributed by atoms with Gasteiger partial charge < -0.3 is 15.7 Å². The predicted octanol–water partition coefficient (Wildman–Crippen LogP) is 1.23. The van der Waals surface area contributed by atoms with E-state index in [9.17, 15) is 4.79 Å². The summed E-state index contributed by atoms with van der Waals surface area (Å²) < 4.78 is 0. The van der Waals surface area contributed by atoms with E-state index in [0.29, 0.717) is 13.0 Å². The summed E-state index contributed by atoms with van der Waals surface area (Å²) in [6.07, 6.45) is 0.470. The fourth-order valence-electron chi connectivity index (χ4n) is 1.64. The van der Waals surface area contributed by atoms with Crippen LogP contribution >= 0.6 is 0 Å². The molecule has 0 amide bonds. The van der Waals surface area contributed by atoms with Crippen LogP contribution in [-0.2, 0) is 11.3 Å². The lowest BCUT2D eigenvalue weighted by atomic mass is 10.1. The summed E-state index contributed by atoms with van der Waals surface area (Å²) in [6.45, 7) is 3.58. The minimum Gasteiger partial charge on any atom is -0.480 e. The maximum atomic E-state index is 10.6. The molecule has 0 bridgehead atoms. The van der Waals surface area contributed by atoms with Gasteiger partial charge >= 0.3 is 5.97 Å². The van der Waals surface area contributed by atoms with Crippen LogP contribution in [0.2, 0.25) is 0 Å². The Kier molecular flexibility index (Phi) is 5.12. The number of aryl methyl sites for hydroxylation is 1. The van der Waals surface area contributed by atoms with E-state index in [4.69, 9.17) is 10.8 Å². The molecule has 0 aliphatic heterocycles. The number of nitrogens with two attached hydrogens (primary N) is 1. The number of carbonyl (C=O) groups is 1. The van der Waals surface area contributed by atoms with E-state index >= 15 is 0 Å². The van der Waals surface area contributed by atoms with Crippen LogP contribution in [0.3, 0.4) is 0 Å². The first kappa shape index (κ1) is 13.7. The molecule has 3 N–H and O–H groups in total. The molecule has 17 heavy (non-hydrogen) atoms. The van der Waals surface area contributed by atoms with Gasteiger partial charge in [-0.05, 0) is 31.5 Å². The first-order chi connectivity index (χ1) is 8.00. The molecule has 94 valence electrons. The molecule has 0 heterocycles. The summed E-state index contributed by atoms with van der Waals surface area (Å²) >= 11 is 0.